The Morgan fingerprint density at radius 1 is 1.32 bits per heavy atom. The van der Waals surface area contributed by atoms with Crippen LogP contribution in [0, 0.1) is 0 Å². The van der Waals surface area contributed by atoms with Gasteiger partial charge in [0.1, 0.15) is 6.04 Å². The monoisotopic (exact) mass is 261 g/mol. The molecule has 1 heterocycles. The van der Waals surface area contributed by atoms with E-state index in [1.165, 1.54) is 7.05 Å². The molecule has 6 nitrogen and oxygen atoms in total. The van der Waals surface area contributed by atoms with Crippen LogP contribution in [0.1, 0.15) is 23.2 Å². The van der Waals surface area contributed by atoms with E-state index in [-0.39, 0.29) is 30.6 Å². The van der Waals surface area contributed by atoms with Crippen molar-refractivity contribution in [2.45, 2.75) is 18.9 Å². The van der Waals surface area contributed by atoms with Crippen molar-refractivity contribution in [3.63, 3.8) is 0 Å². The van der Waals surface area contributed by atoms with Gasteiger partial charge in [0.2, 0.25) is 11.8 Å². The van der Waals surface area contributed by atoms with E-state index in [0.717, 1.165) is 0 Å². The fourth-order valence-corrected chi connectivity index (χ4v) is 1.92. The molecule has 0 aromatic heterocycles. The Bertz CT molecular complexity index is 528. The number of hydrogen-bond acceptors (Lipinski definition) is 3. The number of hydrogen-bond donors (Lipinski definition) is 3. The zero-order valence-electron chi connectivity index (χ0n) is 10.5. The molecule has 2 rings (SSSR count). The number of fused-ring (bicyclic) bond motifs is 1. The number of amides is 3. The second-order valence-electron chi connectivity index (χ2n) is 4.27. The van der Waals surface area contributed by atoms with Gasteiger partial charge in [0.15, 0.2) is 0 Å². The fourth-order valence-electron chi connectivity index (χ4n) is 1.92. The smallest absolute Gasteiger partial charge is 0.254 e. The minimum atomic E-state index is -0.697. The van der Waals surface area contributed by atoms with Gasteiger partial charge in [-0.1, -0.05) is 12.1 Å². The number of carbonyl (C=O) groups is 3. The normalized spacial score (nSPS) is 17.8. The van der Waals surface area contributed by atoms with E-state index in [4.69, 9.17) is 0 Å². The Balaban J connectivity index is 2.13. The van der Waals surface area contributed by atoms with Gasteiger partial charge in [-0.3, -0.25) is 14.4 Å². The number of carbonyl (C=O) groups excluding carboxylic acids is 3. The summed E-state index contributed by atoms with van der Waals surface area (Å²) in [4.78, 5) is 35.1. The lowest BCUT2D eigenvalue weighted by Gasteiger charge is -2.13. The highest BCUT2D eigenvalue weighted by molar-refractivity contribution is 6.09. The first-order chi connectivity index (χ1) is 9.11. The van der Waals surface area contributed by atoms with Crippen LogP contribution in [0.3, 0.4) is 0 Å². The first-order valence-electron chi connectivity index (χ1n) is 6.03. The van der Waals surface area contributed by atoms with Crippen molar-refractivity contribution in [2.24, 2.45) is 0 Å². The zero-order chi connectivity index (χ0) is 13.8. The molecule has 0 radical (unpaired) electrons. The third kappa shape index (κ3) is 2.90. The second kappa shape index (κ2) is 5.51. The van der Waals surface area contributed by atoms with E-state index in [9.17, 15) is 14.4 Å². The summed E-state index contributed by atoms with van der Waals surface area (Å²) in [6.45, 7) is 0. The molecule has 100 valence electrons. The molecule has 19 heavy (non-hydrogen) atoms. The van der Waals surface area contributed by atoms with Crippen LogP contribution in [-0.4, -0.2) is 30.8 Å². The number of benzene rings is 1. The molecular weight excluding hydrogens is 246 g/mol. The molecule has 6 heteroatoms. The van der Waals surface area contributed by atoms with Crippen molar-refractivity contribution < 1.29 is 14.4 Å². The molecule has 1 aliphatic rings. The average molecular weight is 261 g/mol. The van der Waals surface area contributed by atoms with Crippen LogP contribution in [0.4, 0.5) is 5.69 Å². The Morgan fingerprint density at radius 3 is 2.79 bits per heavy atom. The van der Waals surface area contributed by atoms with Crippen molar-refractivity contribution in [2.75, 3.05) is 12.4 Å². The van der Waals surface area contributed by atoms with Crippen LogP contribution in [0.2, 0.25) is 0 Å². The summed E-state index contributed by atoms with van der Waals surface area (Å²) >= 11 is 0. The number of para-hydroxylation sites is 1. The van der Waals surface area contributed by atoms with Gasteiger partial charge in [0.05, 0.1) is 11.3 Å². The van der Waals surface area contributed by atoms with Gasteiger partial charge >= 0.3 is 0 Å². The van der Waals surface area contributed by atoms with Crippen molar-refractivity contribution in [3.8, 4) is 0 Å². The van der Waals surface area contributed by atoms with E-state index < -0.39 is 6.04 Å². The van der Waals surface area contributed by atoms with Crippen molar-refractivity contribution in [1.29, 1.82) is 0 Å². The Morgan fingerprint density at radius 2 is 2.05 bits per heavy atom. The summed E-state index contributed by atoms with van der Waals surface area (Å²) in [5.41, 5.74) is 0.922. The maximum atomic E-state index is 12.0. The predicted octanol–water partition coefficient (Wildman–Crippen LogP) is 0.263. The highest BCUT2D eigenvalue weighted by Crippen LogP contribution is 2.19. The summed E-state index contributed by atoms with van der Waals surface area (Å²) in [5, 5.41) is 7.80. The Kier molecular flexibility index (Phi) is 3.79. The van der Waals surface area contributed by atoms with E-state index in [1.54, 1.807) is 24.3 Å². The molecule has 0 bridgehead atoms. The Labute approximate surface area is 110 Å². The zero-order valence-corrected chi connectivity index (χ0v) is 10.5. The van der Waals surface area contributed by atoms with E-state index in [1.807, 2.05) is 0 Å². The molecule has 0 aliphatic carbocycles. The number of rotatable bonds is 3. The quantitative estimate of drug-likeness (QED) is 0.729. The first-order valence-corrected chi connectivity index (χ1v) is 6.03. The van der Waals surface area contributed by atoms with Crippen LogP contribution in [0.25, 0.3) is 0 Å². The van der Waals surface area contributed by atoms with Gasteiger partial charge in [-0.2, -0.15) is 0 Å². The van der Waals surface area contributed by atoms with Crippen molar-refractivity contribution in [3.05, 3.63) is 29.8 Å². The molecular formula is C13H15N3O3. The third-order valence-electron chi connectivity index (χ3n) is 2.99. The van der Waals surface area contributed by atoms with Crippen LogP contribution >= 0.6 is 0 Å². The average Bonchev–Trinajstić information content (AvgIpc) is 2.54. The van der Waals surface area contributed by atoms with Crippen LogP contribution in [-0.2, 0) is 9.59 Å². The van der Waals surface area contributed by atoms with Crippen LogP contribution in [0.5, 0.6) is 0 Å². The molecule has 1 aliphatic heterocycles. The van der Waals surface area contributed by atoms with E-state index in [0.29, 0.717) is 11.3 Å². The molecule has 0 saturated heterocycles. The second-order valence-corrected chi connectivity index (χ2v) is 4.27. The number of anilines is 1. The highest BCUT2D eigenvalue weighted by atomic mass is 16.2. The maximum absolute atomic E-state index is 12.0. The van der Waals surface area contributed by atoms with Crippen molar-refractivity contribution in [1.82, 2.24) is 10.6 Å². The minimum Gasteiger partial charge on any atom is -0.359 e. The fraction of sp³-hybridized carbons (Fsp3) is 0.308. The SMILES string of the molecule is CNC(=O)CCC1NC(=O)c2ccccc2NC1=O. The molecule has 1 atom stereocenters. The third-order valence-corrected chi connectivity index (χ3v) is 2.99. The van der Waals surface area contributed by atoms with Crippen LogP contribution < -0.4 is 16.0 Å². The molecule has 0 spiro atoms. The molecule has 1 unspecified atom stereocenters. The largest absolute Gasteiger partial charge is 0.359 e. The van der Waals surface area contributed by atoms with E-state index in [2.05, 4.69) is 16.0 Å². The standard InChI is InChI=1S/C13H15N3O3/c1-14-11(17)7-6-10-13(19)15-9-5-3-2-4-8(9)12(18)16-10/h2-5,10H,6-7H2,1H3,(H,14,17)(H,15,19)(H,16,18). The van der Waals surface area contributed by atoms with Gasteiger partial charge in [-0.25, -0.2) is 0 Å². The maximum Gasteiger partial charge on any atom is 0.254 e. The van der Waals surface area contributed by atoms with E-state index >= 15 is 0 Å². The van der Waals surface area contributed by atoms with Crippen LogP contribution in [0.15, 0.2) is 24.3 Å². The molecule has 0 fully saturated rings. The summed E-state index contributed by atoms with van der Waals surface area (Å²) in [6, 6.07) is 6.10. The lowest BCUT2D eigenvalue weighted by atomic mass is 10.1. The summed E-state index contributed by atoms with van der Waals surface area (Å²) < 4.78 is 0. The molecule has 3 N–H and O–H groups in total. The molecule has 3 amide bonds. The Hall–Kier alpha value is -2.37. The summed E-state index contributed by atoms with van der Waals surface area (Å²) in [7, 11) is 1.53. The first kappa shape index (κ1) is 13.1. The summed E-state index contributed by atoms with van der Waals surface area (Å²) in [6.07, 6.45) is 0.455. The molecule has 1 aromatic carbocycles. The number of nitrogens with one attached hydrogen (secondary N) is 3. The van der Waals surface area contributed by atoms with Gasteiger partial charge < -0.3 is 16.0 Å². The van der Waals surface area contributed by atoms with Gasteiger partial charge in [-0.15, -0.1) is 0 Å². The topological polar surface area (TPSA) is 87.3 Å². The minimum absolute atomic E-state index is 0.163. The van der Waals surface area contributed by atoms with Gasteiger partial charge in [-0.05, 0) is 18.6 Å². The van der Waals surface area contributed by atoms with Gasteiger partial charge in [0, 0.05) is 13.5 Å². The summed E-state index contributed by atoms with van der Waals surface area (Å²) in [5.74, 6) is -0.776. The lowest BCUT2D eigenvalue weighted by molar-refractivity contribution is -0.121. The molecule has 0 saturated carbocycles. The lowest BCUT2D eigenvalue weighted by Crippen LogP contribution is -2.41. The van der Waals surface area contributed by atoms with Gasteiger partial charge in [0.25, 0.3) is 5.91 Å². The highest BCUT2D eigenvalue weighted by Gasteiger charge is 2.27. The molecule has 1 aromatic rings. The predicted molar refractivity (Wildman–Crippen MR) is 69.6 cm³/mol. The van der Waals surface area contributed by atoms with Crippen molar-refractivity contribution >= 4 is 23.4 Å².